The highest BCUT2D eigenvalue weighted by Crippen LogP contribution is 2.32. The van der Waals surface area contributed by atoms with Crippen molar-refractivity contribution in [2.45, 2.75) is 22.6 Å². The summed E-state index contributed by atoms with van der Waals surface area (Å²) >= 11 is 4.51. The van der Waals surface area contributed by atoms with Gasteiger partial charge in [-0.2, -0.15) is 4.31 Å². The molecule has 0 radical (unpaired) electrons. The second kappa shape index (κ2) is 9.74. The van der Waals surface area contributed by atoms with E-state index in [2.05, 4.69) is 15.3 Å². The number of thioether (sulfide) groups is 1. The van der Waals surface area contributed by atoms with Crippen LogP contribution in [0.15, 0.2) is 63.7 Å². The number of hydrogen-bond donors (Lipinski definition) is 1. The van der Waals surface area contributed by atoms with Crippen LogP contribution in [-0.4, -0.2) is 47.9 Å². The Morgan fingerprint density at radius 2 is 1.82 bits per heavy atom. The molecular formula is C23H22N4O3S4. The molecule has 1 aliphatic heterocycles. The SMILES string of the molecule is CSc1ccc(S(=O)(=O)N2CCC(C(=O)Nc3nc(-c4nc5ccccc5s4)cs3)CC2)cc1. The Morgan fingerprint density at radius 3 is 2.53 bits per heavy atom. The molecule has 0 bridgehead atoms. The van der Waals surface area contributed by atoms with Gasteiger partial charge < -0.3 is 5.32 Å². The van der Waals surface area contributed by atoms with Crippen LogP contribution in [-0.2, 0) is 14.8 Å². The van der Waals surface area contributed by atoms with Crippen LogP contribution in [0.2, 0.25) is 0 Å². The lowest BCUT2D eigenvalue weighted by atomic mass is 9.97. The zero-order valence-corrected chi connectivity index (χ0v) is 21.6. The van der Waals surface area contributed by atoms with Gasteiger partial charge in [-0.15, -0.1) is 34.4 Å². The maximum absolute atomic E-state index is 13.0. The van der Waals surface area contributed by atoms with Gasteiger partial charge in [0, 0.05) is 29.3 Å². The summed E-state index contributed by atoms with van der Waals surface area (Å²) in [5.41, 5.74) is 1.68. The van der Waals surface area contributed by atoms with Gasteiger partial charge in [-0.25, -0.2) is 18.4 Å². The van der Waals surface area contributed by atoms with Gasteiger partial charge in [0.25, 0.3) is 0 Å². The summed E-state index contributed by atoms with van der Waals surface area (Å²) in [7, 11) is -3.56. The lowest BCUT2D eigenvalue weighted by Crippen LogP contribution is -2.41. The molecule has 0 atom stereocenters. The fourth-order valence-electron chi connectivity index (χ4n) is 3.87. The van der Waals surface area contributed by atoms with Crippen LogP contribution in [0.4, 0.5) is 5.13 Å². The largest absolute Gasteiger partial charge is 0.302 e. The molecule has 1 fully saturated rings. The number of sulfonamides is 1. The Kier molecular flexibility index (Phi) is 6.72. The van der Waals surface area contributed by atoms with Gasteiger partial charge in [0.15, 0.2) is 5.13 Å². The van der Waals surface area contributed by atoms with E-state index in [1.807, 2.05) is 48.0 Å². The van der Waals surface area contributed by atoms with Crippen LogP contribution in [0.25, 0.3) is 20.9 Å². The molecule has 176 valence electrons. The van der Waals surface area contributed by atoms with Crippen LogP contribution in [0.1, 0.15) is 12.8 Å². The number of piperidine rings is 1. The third kappa shape index (κ3) is 4.76. The highest BCUT2D eigenvalue weighted by molar-refractivity contribution is 7.98. The van der Waals surface area contributed by atoms with Gasteiger partial charge in [0.1, 0.15) is 10.7 Å². The van der Waals surface area contributed by atoms with Crippen LogP contribution in [0.3, 0.4) is 0 Å². The first-order valence-electron chi connectivity index (χ1n) is 10.7. The highest BCUT2D eigenvalue weighted by atomic mass is 32.2. The van der Waals surface area contributed by atoms with E-state index in [4.69, 9.17) is 0 Å². The zero-order chi connectivity index (χ0) is 23.7. The van der Waals surface area contributed by atoms with Crippen molar-refractivity contribution in [1.82, 2.24) is 14.3 Å². The van der Waals surface area contributed by atoms with E-state index >= 15 is 0 Å². The molecule has 11 heteroatoms. The van der Waals surface area contributed by atoms with Crippen molar-refractivity contribution in [2.75, 3.05) is 24.7 Å². The Labute approximate surface area is 210 Å². The predicted molar refractivity (Wildman–Crippen MR) is 139 cm³/mol. The molecule has 4 aromatic rings. The Hall–Kier alpha value is -2.31. The van der Waals surface area contributed by atoms with Crippen LogP contribution < -0.4 is 5.32 Å². The lowest BCUT2D eigenvalue weighted by Gasteiger charge is -2.30. The summed E-state index contributed by atoms with van der Waals surface area (Å²) in [6.45, 7) is 0.638. The normalized spacial score (nSPS) is 15.6. The van der Waals surface area contributed by atoms with Crippen molar-refractivity contribution >= 4 is 65.7 Å². The minimum absolute atomic E-state index is 0.119. The number of nitrogens with one attached hydrogen (secondary N) is 1. The number of thiazole rings is 2. The van der Waals surface area contributed by atoms with Crippen molar-refractivity contribution in [3.8, 4) is 10.7 Å². The Morgan fingerprint density at radius 1 is 1.09 bits per heavy atom. The molecule has 1 N–H and O–H groups in total. The molecule has 7 nitrogen and oxygen atoms in total. The van der Waals surface area contributed by atoms with Crippen LogP contribution in [0.5, 0.6) is 0 Å². The first kappa shape index (κ1) is 23.4. The highest BCUT2D eigenvalue weighted by Gasteiger charge is 2.32. The van der Waals surface area contributed by atoms with E-state index in [9.17, 15) is 13.2 Å². The van der Waals surface area contributed by atoms with Gasteiger partial charge in [0.05, 0.1) is 15.1 Å². The van der Waals surface area contributed by atoms with Crippen molar-refractivity contribution < 1.29 is 13.2 Å². The minimum atomic E-state index is -3.56. The minimum Gasteiger partial charge on any atom is -0.302 e. The molecule has 1 saturated heterocycles. The van der Waals surface area contributed by atoms with Gasteiger partial charge in [0.2, 0.25) is 15.9 Å². The van der Waals surface area contributed by atoms with Crippen molar-refractivity contribution in [3.63, 3.8) is 0 Å². The first-order valence-corrected chi connectivity index (χ1v) is 15.1. The number of rotatable bonds is 6. The number of hydrogen-bond acceptors (Lipinski definition) is 8. The van der Waals surface area contributed by atoms with Gasteiger partial charge >= 0.3 is 0 Å². The quantitative estimate of drug-likeness (QED) is 0.345. The number of para-hydroxylation sites is 1. The Bertz CT molecular complexity index is 1390. The number of aromatic nitrogens is 2. The van der Waals surface area contributed by atoms with Crippen LogP contribution >= 0.6 is 34.4 Å². The second-order valence-electron chi connectivity index (χ2n) is 7.87. The molecule has 34 heavy (non-hydrogen) atoms. The third-order valence-electron chi connectivity index (χ3n) is 5.77. The average molecular weight is 531 g/mol. The van der Waals surface area contributed by atoms with Gasteiger partial charge in [-0.3, -0.25) is 4.79 Å². The van der Waals surface area contributed by atoms with Gasteiger partial charge in [-0.1, -0.05) is 12.1 Å². The maximum Gasteiger partial charge on any atom is 0.243 e. The predicted octanol–water partition coefficient (Wildman–Crippen LogP) is 5.18. The van der Waals surface area contributed by atoms with Gasteiger partial charge in [-0.05, 0) is 55.5 Å². The molecule has 2 aromatic heterocycles. The molecule has 1 aliphatic rings. The number of nitrogens with zero attached hydrogens (tertiary/aromatic N) is 3. The number of benzene rings is 2. The fraction of sp³-hybridized carbons (Fsp3) is 0.261. The summed E-state index contributed by atoms with van der Waals surface area (Å²) in [4.78, 5) is 23.3. The first-order chi connectivity index (χ1) is 16.4. The van der Waals surface area contributed by atoms with Crippen molar-refractivity contribution in [3.05, 3.63) is 53.9 Å². The number of carbonyl (C=O) groups is 1. The maximum atomic E-state index is 13.0. The fourth-order valence-corrected chi connectivity index (χ4v) is 7.45. The lowest BCUT2D eigenvalue weighted by molar-refractivity contribution is -0.120. The summed E-state index contributed by atoms with van der Waals surface area (Å²) in [6, 6.07) is 14.8. The topological polar surface area (TPSA) is 92.3 Å². The molecule has 3 heterocycles. The molecule has 0 unspecified atom stereocenters. The van der Waals surface area contributed by atoms with Crippen LogP contribution in [0, 0.1) is 5.92 Å². The molecule has 1 amide bonds. The van der Waals surface area contributed by atoms with E-state index in [1.165, 1.54) is 15.6 Å². The molecule has 0 aliphatic carbocycles. The van der Waals surface area contributed by atoms with E-state index in [-0.39, 0.29) is 11.8 Å². The zero-order valence-electron chi connectivity index (χ0n) is 18.3. The standard InChI is InChI=1S/C23H22N4O3S4/c1-31-16-6-8-17(9-7-16)34(29,30)27-12-10-15(11-13-27)21(28)26-23-25-19(14-32-23)22-24-18-4-2-3-5-20(18)33-22/h2-9,14-15H,10-13H2,1H3,(H,25,26,28). The summed E-state index contributed by atoms with van der Waals surface area (Å²) in [5, 5.41) is 6.15. The molecular weight excluding hydrogens is 509 g/mol. The van der Waals surface area contributed by atoms with Crippen molar-refractivity contribution in [1.29, 1.82) is 0 Å². The molecule has 0 saturated carbocycles. The van der Waals surface area contributed by atoms with Crippen molar-refractivity contribution in [2.24, 2.45) is 5.92 Å². The van der Waals surface area contributed by atoms with E-state index < -0.39 is 10.0 Å². The summed E-state index contributed by atoms with van der Waals surface area (Å²) < 4.78 is 28.5. The number of anilines is 1. The molecule has 0 spiro atoms. The number of amides is 1. The smallest absolute Gasteiger partial charge is 0.243 e. The second-order valence-corrected chi connectivity index (χ2v) is 12.6. The summed E-state index contributed by atoms with van der Waals surface area (Å²) in [6.07, 6.45) is 2.90. The number of carbonyl (C=O) groups excluding carboxylic acids is 1. The number of fused-ring (bicyclic) bond motifs is 1. The molecule has 2 aromatic carbocycles. The Balaban J connectivity index is 1.20. The molecule has 5 rings (SSSR count). The summed E-state index contributed by atoms with van der Waals surface area (Å²) in [5.74, 6) is -0.369. The third-order valence-corrected chi connectivity index (χ3v) is 10.2. The van der Waals surface area contributed by atoms with E-state index in [1.54, 1.807) is 35.2 Å². The van der Waals surface area contributed by atoms with E-state index in [0.29, 0.717) is 36.0 Å². The van der Waals surface area contributed by atoms with E-state index in [0.717, 1.165) is 25.8 Å². The average Bonchev–Trinajstić information content (AvgIpc) is 3.51. The monoisotopic (exact) mass is 530 g/mol.